The second-order valence-corrected chi connectivity index (χ2v) is 7.32. The van der Waals surface area contributed by atoms with Crippen LogP contribution in [0.2, 0.25) is 0 Å². The van der Waals surface area contributed by atoms with Crippen molar-refractivity contribution in [2.24, 2.45) is 0 Å². The molecule has 6 heteroatoms. The van der Waals surface area contributed by atoms with Gasteiger partial charge in [-0.1, -0.05) is 6.07 Å². The standard InChI is InChI=1S/C14H16N2O3S/c1-14(17)7-9-16(10-14)20(18,19)13-6-2-5-12-11(13)4-3-8-15-12/h2-6,8,17H,7,9-10H2,1H3. The third kappa shape index (κ3) is 2.19. The average Bonchev–Trinajstić information content (AvgIpc) is 2.79. The van der Waals surface area contributed by atoms with Crippen molar-refractivity contribution >= 4 is 20.9 Å². The molecule has 0 amide bonds. The van der Waals surface area contributed by atoms with Crippen molar-refractivity contribution in [1.29, 1.82) is 0 Å². The molecule has 0 saturated carbocycles. The van der Waals surface area contributed by atoms with Gasteiger partial charge in [0.05, 0.1) is 16.0 Å². The highest BCUT2D eigenvalue weighted by Gasteiger charge is 2.38. The van der Waals surface area contributed by atoms with Crippen molar-refractivity contribution in [3.63, 3.8) is 0 Å². The maximum atomic E-state index is 12.7. The zero-order valence-corrected chi connectivity index (χ0v) is 12.0. The molecule has 20 heavy (non-hydrogen) atoms. The van der Waals surface area contributed by atoms with Crippen LogP contribution in [-0.4, -0.2) is 41.5 Å². The number of aromatic nitrogens is 1. The highest BCUT2D eigenvalue weighted by Crippen LogP contribution is 2.29. The minimum absolute atomic E-state index is 0.131. The molecule has 1 aliphatic heterocycles. The van der Waals surface area contributed by atoms with Gasteiger partial charge in [-0.3, -0.25) is 4.98 Å². The number of aliphatic hydroxyl groups is 1. The van der Waals surface area contributed by atoms with Crippen LogP contribution in [0.25, 0.3) is 10.9 Å². The fraction of sp³-hybridized carbons (Fsp3) is 0.357. The maximum absolute atomic E-state index is 12.7. The third-order valence-electron chi connectivity index (χ3n) is 3.64. The average molecular weight is 292 g/mol. The molecular formula is C14H16N2O3S. The monoisotopic (exact) mass is 292 g/mol. The molecular weight excluding hydrogens is 276 g/mol. The Labute approximate surface area is 117 Å². The molecule has 2 heterocycles. The first-order valence-electron chi connectivity index (χ1n) is 6.46. The Kier molecular flexibility index (Phi) is 3.04. The molecule has 1 N–H and O–H groups in total. The molecule has 0 bridgehead atoms. The number of hydrogen-bond donors (Lipinski definition) is 1. The Morgan fingerprint density at radius 3 is 2.80 bits per heavy atom. The maximum Gasteiger partial charge on any atom is 0.243 e. The van der Waals surface area contributed by atoms with Gasteiger partial charge >= 0.3 is 0 Å². The molecule has 5 nitrogen and oxygen atoms in total. The van der Waals surface area contributed by atoms with E-state index in [1.807, 2.05) is 0 Å². The zero-order chi connectivity index (χ0) is 14.4. The van der Waals surface area contributed by atoms with Crippen LogP contribution in [0.4, 0.5) is 0 Å². The van der Waals surface area contributed by atoms with E-state index in [0.717, 1.165) is 0 Å². The summed E-state index contributed by atoms with van der Waals surface area (Å²) in [5.41, 5.74) is -0.296. The van der Waals surface area contributed by atoms with Gasteiger partial charge in [0.2, 0.25) is 10.0 Å². The van der Waals surface area contributed by atoms with E-state index in [2.05, 4.69) is 4.98 Å². The quantitative estimate of drug-likeness (QED) is 0.908. The van der Waals surface area contributed by atoms with Crippen LogP contribution < -0.4 is 0 Å². The van der Waals surface area contributed by atoms with Gasteiger partial charge in [0.1, 0.15) is 0 Å². The van der Waals surface area contributed by atoms with Gasteiger partial charge in [0.15, 0.2) is 0 Å². The van der Waals surface area contributed by atoms with Crippen molar-refractivity contribution in [2.75, 3.05) is 13.1 Å². The van der Waals surface area contributed by atoms with Gasteiger partial charge < -0.3 is 5.11 Å². The normalized spacial score (nSPS) is 24.3. The van der Waals surface area contributed by atoms with E-state index in [0.29, 0.717) is 23.9 Å². The Balaban J connectivity index is 2.11. The number of nitrogens with zero attached hydrogens (tertiary/aromatic N) is 2. The van der Waals surface area contributed by atoms with Crippen molar-refractivity contribution in [3.05, 3.63) is 36.5 Å². The van der Waals surface area contributed by atoms with Gasteiger partial charge in [-0.05, 0) is 37.6 Å². The summed E-state index contributed by atoms with van der Waals surface area (Å²) in [4.78, 5) is 4.43. The van der Waals surface area contributed by atoms with E-state index < -0.39 is 15.6 Å². The van der Waals surface area contributed by atoms with Gasteiger partial charge in [0.25, 0.3) is 0 Å². The molecule has 1 fully saturated rings. The molecule has 0 spiro atoms. The number of sulfonamides is 1. The summed E-state index contributed by atoms with van der Waals surface area (Å²) in [6.45, 7) is 2.13. The molecule has 1 saturated heterocycles. The van der Waals surface area contributed by atoms with E-state index >= 15 is 0 Å². The summed E-state index contributed by atoms with van der Waals surface area (Å²) < 4.78 is 26.8. The van der Waals surface area contributed by atoms with Crippen molar-refractivity contribution in [1.82, 2.24) is 9.29 Å². The Morgan fingerprint density at radius 1 is 1.30 bits per heavy atom. The van der Waals surface area contributed by atoms with Crippen LogP contribution in [0.5, 0.6) is 0 Å². The first-order valence-corrected chi connectivity index (χ1v) is 7.90. The zero-order valence-electron chi connectivity index (χ0n) is 11.2. The van der Waals surface area contributed by atoms with Crippen LogP contribution >= 0.6 is 0 Å². The number of rotatable bonds is 2. The summed E-state index contributed by atoms with van der Waals surface area (Å²) in [5, 5.41) is 10.6. The molecule has 1 aromatic heterocycles. The van der Waals surface area contributed by atoms with Crippen LogP contribution in [0.3, 0.4) is 0 Å². The first-order chi connectivity index (χ1) is 9.40. The van der Waals surface area contributed by atoms with E-state index in [1.54, 1.807) is 43.5 Å². The summed E-state index contributed by atoms with van der Waals surface area (Å²) in [6.07, 6.45) is 2.09. The van der Waals surface area contributed by atoms with E-state index in [4.69, 9.17) is 0 Å². The molecule has 0 radical (unpaired) electrons. The van der Waals surface area contributed by atoms with Crippen LogP contribution in [0.15, 0.2) is 41.4 Å². The number of pyridine rings is 1. The highest BCUT2D eigenvalue weighted by atomic mass is 32.2. The number of β-amino-alcohol motifs (C(OH)–C–C–N with tert-alkyl or cyclic N) is 1. The summed E-state index contributed by atoms with van der Waals surface area (Å²) in [7, 11) is -3.60. The fourth-order valence-electron chi connectivity index (χ4n) is 2.55. The summed E-state index contributed by atoms with van der Waals surface area (Å²) >= 11 is 0. The predicted molar refractivity (Wildman–Crippen MR) is 75.7 cm³/mol. The fourth-order valence-corrected chi connectivity index (χ4v) is 4.31. The van der Waals surface area contributed by atoms with E-state index in [9.17, 15) is 13.5 Å². The van der Waals surface area contributed by atoms with E-state index in [-0.39, 0.29) is 11.4 Å². The molecule has 1 atom stereocenters. The minimum atomic E-state index is -3.60. The molecule has 0 aliphatic carbocycles. The molecule has 1 unspecified atom stereocenters. The predicted octanol–water partition coefficient (Wildman–Crippen LogP) is 1.38. The van der Waals surface area contributed by atoms with Crippen molar-refractivity contribution in [3.8, 4) is 0 Å². The van der Waals surface area contributed by atoms with Crippen LogP contribution in [0, 0.1) is 0 Å². The number of hydrogen-bond acceptors (Lipinski definition) is 4. The first kappa shape index (κ1) is 13.5. The Hall–Kier alpha value is -1.50. The second kappa shape index (κ2) is 4.51. The number of benzene rings is 1. The molecule has 1 aliphatic rings. The Morgan fingerprint density at radius 2 is 2.10 bits per heavy atom. The summed E-state index contributed by atoms with van der Waals surface area (Å²) in [6, 6.07) is 8.54. The lowest BCUT2D eigenvalue weighted by Gasteiger charge is -2.19. The topological polar surface area (TPSA) is 70.5 Å². The van der Waals surface area contributed by atoms with Gasteiger partial charge in [-0.2, -0.15) is 4.31 Å². The molecule has 2 aromatic rings. The lowest BCUT2D eigenvalue weighted by molar-refractivity contribution is 0.0762. The number of fused-ring (bicyclic) bond motifs is 1. The Bertz CT molecular complexity index is 751. The van der Waals surface area contributed by atoms with Crippen molar-refractivity contribution in [2.45, 2.75) is 23.8 Å². The minimum Gasteiger partial charge on any atom is -0.389 e. The van der Waals surface area contributed by atoms with Crippen molar-refractivity contribution < 1.29 is 13.5 Å². The molecule has 1 aromatic carbocycles. The lowest BCUT2D eigenvalue weighted by atomic mass is 10.1. The van der Waals surface area contributed by atoms with Gasteiger partial charge in [-0.15, -0.1) is 0 Å². The molecule has 106 valence electrons. The third-order valence-corrected chi connectivity index (χ3v) is 5.54. The van der Waals surface area contributed by atoms with Gasteiger partial charge in [0, 0.05) is 24.7 Å². The second-order valence-electron chi connectivity index (χ2n) is 5.41. The van der Waals surface area contributed by atoms with Gasteiger partial charge in [-0.25, -0.2) is 8.42 Å². The van der Waals surface area contributed by atoms with Crippen LogP contribution in [-0.2, 0) is 10.0 Å². The molecule has 3 rings (SSSR count). The largest absolute Gasteiger partial charge is 0.389 e. The SMILES string of the molecule is CC1(O)CCN(S(=O)(=O)c2cccc3ncccc23)C1. The highest BCUT2D eigenvalue weighted by molar-refractivity contribution is 7.89. The lowest BCUT2D eigenvalue weighted by Crippen LogP contribution is -2.34. The van der Waals surface area contributed by atoms with E-state index in [1.165, 1.54) is 4.31 Å². The smallest absolute Gasteiger partial charge is 0.243 e. The van der Waals surface area contributed by atoms with Crippen LogP contribution in [0.1, 0.15) is 13.3 Å². The summed E-state index contributed by atoms with van der Waals surface area (Å²) in [5.74, 6) is 0.